The molecule has 0 saturated heterocycles. The van der Waals surface area contributed by atoms with Crippen molar-refractivity contribution in [2.45, 2.75) is 33.3 Å². The highest BCUT2D eigenvalue weighted by Crippen LogP contribution is 2.17. The van der Waals surface area contributed by atoms with Gasteiger partial charge in [-0.2, -0.15) is 0 Å². The van der Waals surface area contributed by atoms with E-state index < -0.39 is 0 Å². The first-order valence-corrected chi connectivity index (χ1v) is 6.36. The van der Waals surface area contributed by atoms with Crippen molar-refractivity contribution >= 4 is 5.69 Å². The Kier molecular flexibility index (Phi) is 5.84. The Morgan fingerprint density at radius 3 is 2.35 bits per heavy atom. The van der Waals surface area contributed by atoms with Gasteiger partial charge in [0.15, 0.2) is 0 Å². The Morgan fingerprint density at radius 2 is 1.88 bits per heavy atom. The van der Waals surface area contributed by atoms with E-state index in [-0.39, 0.29) is 6.10 Å². The lowest BCUT2D eigenvalue weighted by molar-refractivity contribution is 0.242. The van der Waals surface area contributed by atoms with Crippen LogP contribution in [0.2, 0.25) is 0 Å². The van der Waals surface area contributed by atoms with E-state index in [0.717, 1.165) is 30.9 Å². The molecule has 0 radical (unpaired) electrons. The van der Waals surface area contributed by atoms with Crippen molar-refractivity contribution in [2.24, 2.45) is 11.7 Å². The Morgan fingerprint density at radius 1 is 1.24 bits per heavy atom. The third-order valence-electron chi connectivity index (χ3n) is 2.73. The molecule has 3 N–H and O–H groups in total. The number of benzene rings is 1. The molecule has 0 heterocycles. The standard InChI is InChI=1S/C14H24N2O/c1-4-12(9-15)10-16-13-5-7-14(8-6-13)17-11(2)3/h5-8,11-12,16H,4,9-10,15H2,1-3H3. The number of rotatable bonds is 7. The van der Waals surface area contributed by atoms with Gasteiger partial charge in [-0.25, -0.2) is 0 Å². The minimum Gasteiger partial charge on any atom is -0.491 e. The SMILES string of the molecule is CCC(CN)CNc1ccc(OC(C)C)cc1. The number of anilines is 1. The molecule has 1 aromatic rings. The van der Waals surface area contributed by atoms with Gasteiger partial charge in [-0.15, -0.1) is 0 Å². The normalized spacial score (nSPS) is 12.5. The summed E-state index contributed by atoms with van der Waals surface area (Å²) in [6.45, 7) is 7.88. The third-order valence-corrected chi connectivity index (χ3v) is 2.73. The number of nitrogens with two attached hydrogens (primary N) is 1. The monoisotopic (exact) mass is 236 g/mol. The van der Waals surface area contributed by atoms with E-state index in [1.165, 1.54) is 0 Å². The van der Waals surface area contributed by atoms with Crippen molar-refractivity contribution in [3.05, 3.63) is 24.3 Å². The Labute approximate surface area is 104 Å². The van der Waals surface area contributed by atoms with Gasteiger partial charge in [0.25, 0.3) is 0 Å². The van der Waals surface area contributed by atoms with Gasteiger partial charge in [0.1, 0.15) is 5.75 Å². The fourth-order valence-electron chi connectivity index (χ4n) is 1.58. The van der Waals surface area contributed by atoms with Crippen molar-refractivity contribution in [3.63, 3.8) is 0 Å². The number of hydrogen-bond acceptors (Lipinski definition) is 3. The fourth-order valence-corrected chi connectivity index (χ4v) is 1.58. The summed E-state index contributed by atoms with van der Waals surface area (Å²) in [6.07, 6.45) is 1.33. The van der Waals surface area contributed by atoms with E-state index in [4.69, 9.17) is 10.5 Å². The molecule has 0 bridgehead atoms. The third kappa shape index (κ3) is 5.09. The Balaban J connectivity index is 2.45. The van der Waals surface area contributed by atoms with E-state index in [0.29, 0.717) is 5.92 Å². The summed E-state index contributed by atoms with van der Waals surface area (Å²) in [7, 11) is 0. The first-order chi connectivity index (χ1) is 8.15. The molecule has 0 aliphatic heterocycles. The van der Waals surface area contributed by atoms with Gasteiger partial charge >= 0.3 is 0 Å². The molecule has 0 aliphatic carbocycles. The molecule has 0 spiro atoms. The second-order valence-corrected chi connectivity index (χ2v) is 4.58. The summed E-state index contributed by atoms with van der Waals surface area (Å²) in [5.74, 6) is 1.46. The molecular weight excluding hydrogens is 212 g/mol. The smallest absolute Gasteiger partial charge is 0.119 e. The summed E-state index contributed by atoms with van der Waals surface area (Å²) in [4.78, 5) is 0. The molecule has 3 nitrogen and oxygen atoms in total. The lowest BCUT2D eigenvalue weighted by atomic mass is 10.1. The van der Waals surface area contributed by atoms with Gasteiger partial charge in [0.05, 0.1) is 6.10 Å². The van der Waals surface area contributed by atoms with E-state index in [9.17, 15) is 0 Å². The van der Waals surface area contributed by atoms with Gasteiger partial charge in [-0.1, -0.05) is 13.3 Å². The highest BCUT2D eigenvalue weighted by molar-refractivity contribution is 5.46. The van der Waals surface area contributed by atoms with E-state index in [1.807, 2.05) is 38.1 Å². The Hall–Kier alpha value is -1.22. The van der Waals surface area contributed by atoms with E-state index in [1.54, 1.807) is 0 Å². The maximum absolute atomic E-state index is 5.67. The van der Waals surface area contributed by atoms with Crippen molar-refractivity contribution in [3.8, 4) is 5.75 Å². The topological polar surface area (TPSA) is 47.3 Å². The quantitative estimate of drug-likeness (QED) is 0.765. The van der Waals surface area contributed by atoms with Crippen LogP contribution in [0.1, 0.15) is 27.2 Å². The molecule has 0 saturated carbocycles. The zero-order chi connectivity index (χ0) is 12.7. The van der Waals surface area contributed by atoms with Crippen LogP contribution in [0.15, 0.2) is 24.3 Å². The molecule has 1 aromatic carbocycles. The zero-order valence-electron chi connectivity index (χ0n) is 11.1. The zero-order valence-corrected chi connectivity index (χ0v) is 11.1. The van der Waals surface area contributed by atoms with Crippen LogP contribution >= 0.6 is 0 Å². The first-order valence-electron chi connectivity index (χ1n) is 6.36. The van der Waals surface area contributed by atoms with Crippen molar-refractivity contribution < 1.29 is 4.74 Å². The average Bonchev–Trinajstić information content (AvgIpc) is 2.32. The van der Waals surface area contributed by atoms with Gasteiger partial charge in [0, 0.05) is 12.2 Å². The highest BCUT2D eigenvalue weighted by Gasteiger charge is 2.03. The van der Waals surface area contributed by atoms with E-state index >= 15 is 0 Å². The summed E-state index contributed by atoms with van der Waals surface area (Å²) >= 11 is 0. The number of hydrogen-bond donors (Lipinski definition) is 2. The van der Waals surface area contributed by atoms with Crippen molar-refractivity contribution in [1.29, 1.82) is 0 Å². The van der Waals surface area contributed by atoms with Crippen LogP contribution < -0.4 is 15.8 Å². The molecule has 0 aromatic heterocycles. The summed E-state index contributed by atoms with van der Waals surface area (Å²) in [6, 6.07) is 8.07. The molecule has 96 valence electrons. The van der Waals surface area contributed by atoms with Gasteiger partial charge < -0.3 is 15.8 Å². The molecule has 0 fully saturated rings. The van der Waals surface area contributed by atoms with Gasteiger partial charge in [-0.05, 0) is 50.6 Å². The second-order valence-electron chi connectivity index (χ2n) is 4.58. The van der Waals surface area contributed by atoms with Crippen molar-refractivity contribution in [1.82, 2.24) is 0 Å². The maximum atomic E-state index is 5.67. The summed E-state index contributed by atoms with van der Waals surface area (Å²) in [5.41, 5.74) is 6.78. The second kappa shape index (κ2) is 7.17. The van der Waals surface area contributed by atoms with Crippen LogP contribution in [-0.2, 0) is 0 Å². The minimum absolute atomic E-state index is 0.218. The summed E-state index contributed by atoms with van der Waals surface area (Å²) < 4.78 is 5.59. The van der Waals surface area contributed by atoms with Gasteiger partial charge in [0.2, 0.25) is 0 Å². The average molecular weight is 236 g/mol. The van der Waals surface area contributed by atoms with Crippen LogP contribution in [0, 0.1) is 5.92 Å². The fraction of sp³-hybridized carbons (Fsp3) is 0.571. The highest BCUT2D eigenvalue weighted by atomic mass is 16.5. The molecule has 17 heavy (non-hydrogen) atoms. The number of nitrogens with one attached hydrogen (secondary N) is 1. The first kappa shape index (κ1) is 13.8. The Bertz CT molecular complexity index is 305. The van der Waals surface area contributed by atoms with Crippen LogP contribution in [0.3, 0.4) is 0 Å². The molecular formula is C14H24N2O. The molecule has 3 heteroatoms. The molecule has 1 unspecified atom stereocenters. The van der Waals surface area contributed by atoms with E-state index in [2.05, 4.69) is 12.2 Å². The predicted octanol–water partition coefficient (Wildman–Crippen LogP) is 2.87. The molecule has 1 atom stereocenters. The van der Waals surface area contributed by atoms with Crippen LogP contribution in [0.25, 0.3) is 0 Å². The molecule has 0 aliphatic rings. The predicted molar refractivity (Wildman–Crippen MR) is 73.5 cm³/mol. The largest absolute Gasteiger partial charge is 0.491 e. The molecule has 1 rings (SSSR count). The minimum atomic E-state index is 0.218. The van der Waals surface area contributed by atoms with Crippen molar-refractivity contribution in [2.75, 3.05) is 18.4 Å². The van der Waals surface area contributed by atoms with Crippen LogP contribution in [0.4, 0.5) is 5.69 Å². The molecule has 0 amide bonds. The van der Waals surface area contributed by atoms with Gasteiger partial charge in [-0.3, -0.25) is 0 Å². The lowest BCUT2D eigenvalue weighted by Crippen LogP contribution is -2.22. The van der Waals surface area contributed by atoms with Crippen LogP contribution in [-0.4, -0.2) is 19.2 Å². The lowest BCUT2D eigenvalue weighted by Gasteiger charge is -2.15. The maximum Gasteiger partial charge on any atom is 0.119 e. The summed E-state index contributed by atoms with van der Waals surface area (Å²) in [5, 5.41) is 3.39. The number of ether oxygens (including phenoxy) is 1. The van der Waals surface area contributed by atoms with Crippen LogP contribution in [0.5, 0.6) is 5.75 Å².